The number of benzene rings is 1. The molecule has 0 N–H and O–H groups in total. The molecular formula is C17H18FN3O3S. The van der Waals surface area contributed by atoms with Crippen LogP contribution in [0.15, 0.2) is 41.4 Å². The van der Waals surface area contributed by atoms with Gasteiger partial charge >= 0.3 is 0 Å². The van der Waals surface area contributed by atoms with Crippen molar-refractivity contribution < 1.29 is 17.5 Å². The highest BCUT2D eigenvalue weighted by Gasteiger charge is 2.33. The Morgan fingerprint density at radius 1 is 1.08 bits per heavy atom. The third-order valence-corrected chi connectivity index (χ3v) is 6.49. The molecule has 1 aromatic heterocycles. The fraction of sp³-hybridized carbons (Fsp3) is 0.353. The molecule has 4 rings (SSSR count). The van der Waals surface area contributed by atoms with Gasteiger partial charge in [-0.2, -0.15) is 4.31 Å². The van der Waals surface area contributed by atoms with Gasteiger partial charge in [-0.25, -0.2) is 17.8 Å². The van der Waals surface area contributed by atoms with Gasteiger partial charge in [-0.05, 0) is 23.8 Å². The summed E-state index contributed by atoms with van der Waals surface area (Å²) in [7, 11) is -3.60. The lowest BCUT2D eigenvalue weighted by atomic mass is 10.2. The topological polar surface area (TPSA) is 62.7 Å². The molecule has 0 unspecified atom stereocenters. The first-order valence-electron chi connectivity index (χ1n) is 8.17. The number of nitrogens with zero attached hydrogens (tertiary/aromatic N) is 3. The molecular weight excluding hydrogens is 345 g/mol. The average molecular weight is 363 g/mol. The molecule has 1 fully saturated rings. The Labute approximate surface area is 145 Å². The molecule has 2 aliphatic heterocycles. The molecule has 0 radical (unpaired) electrons. The predicted octanol–water partition coefficient (Wildman–Crippen LogP) is 1.67. The van der Waals surface area contributed by atoms with E-state index in [0.29, 0.717) is 44.4 Å². The minimum atomic E-state index is -3.60. The molecule has 3 heterocycles. The minimum absolute atomic E-state index is 0.246. The first-order chi connectivity index (χ1) is 12.1. The summed E-state index contributed by atoms with van der Waals surface area (Å²) >= 11 is 0. The van der Waals surface area contributed by atoms with Gasteiger partial charge in [-0.1, -0.05) is 12.1 Å². The lowest BCUT2D eigenvalue weighted by molar-refractivity contribution is 0.343. The molecule has 132 valence electrons. The number of halogens is 1. The van der Waals surface area contributed by atoms with Crippen molar-refractivity contribution in [3.63, 3.8) is 0 Å². The van der Waals surface area contributed by atoms with E-state index in [1.165, 1.54) is 16.6 Å². The van der Waals surface area contributed by atoms with Gasteiger partial charge in [0.25, 0.3) is 0 Å². The second-order valence-electron chi connectivity index (χ2n) is 6.07. The molecule has 0 bridgehead atoms. The van der Waals surface area contributed by atoms with Gasteiger partial charge in [-0.15, -0.1) is 0 Å². The molecule has 0 amide bonds. The maximum Gasteiger partial charge on any atom is 0.246 e. The van der Waals surface area contributed by atoms with Crippen LogP contribution in [0.4, 0.5) is 10.2 Å². The second kappa shape index (κ2) is 6.27. The molecule has 0 spiro atoms. The Bertz CT molecular complexity index is 879. The van der Waals surface area contributed by atoms with E-state index in [0.717, 1.165) is 12.0 Å². The summed E-state index contributed by atoms with van der Waals surface area (Å²) in [6.07, 6.45) is 1.91. The van der Waals surface area contributed by atoms with E-state index in [1.54, 1.807) is 18.2 Å². The molecule has 0 aliphatic carbocycles. The molecule has 1 aromatic carbocycles. The number of rotatable bonds is 3. The van der Waals surface area contributed by atoms with Crippen molar-refractivity contribution in [2.75, 3.05) is 37.7 Å². The molecule has 8 heteroatoms. The summed E-state index contributed by atoms with van der Waals surface area (Å²) in [5.41, 5.74) is 0.940. The van der Waals surface area contributed by atoms with E-state index in [2.05, 4.69) is 4.98 Å². The minimum Gasteiger partial charge on any atom is -0.492 e. The van der Waals surface area contributed by atoms with E-state index >= 15 is 0 Å². The number of hydrogen-bond acceptors (Lipinski definition) is 5. The van der Waals surface area contributed by atoms with Crippen molar-refractivity contribution in [1.82, 2.24) is 9.29 Å². The molecule has 25 heavy (non-hydrogen) atoms. The average Bonchev–Trinajstić information content (AvgIpc) is 3.11. The number of pyridine rings is 1. The third-order valence-electron chi connectivity index (χ3n) is 4.57. The second-order valence-corrected chi connectivity index (χ2v) is 7.97. The first-order valence-corrected chi connectivity index (χ1v) is 9.61. The fourth-order valence-corrected chi connectivity index (χ4v) is 4.84. The molecule has 0 atom stereocenters. The van der Waals surface area contributed by atoms with Crippen LogP contribution in [0.25, 0.3) is 0 Å². The van der Waals surface area contributed by atoms with Gasteiger partial charge < -0.3 is 9.64 Å². The fourth-order valence-electron chi connectivity index (χ4n) is 3.24. The number of ether oxygens (including phenoxy) is 1. The quantitative estimate of drug-likeness (QED) is 0.830. The largest absolute Gasteiger partial charge is 0.492 e. The Hall–Kier alpha value is -2.19. The number of piperazine rings is 1. The van der Waals surface area contributed by atoms with Gasteiger partial charge in [0, 0.05) is 32.6 Å². The predicted molar refractivity (Wildman–Crippen MR) is 90.8 cm³/mol. The summed E-state index contributed by atoms with van der Waals surface area (Å²) in [5, 5.41) is 0. The van der Waals surface area contributed by atoms with Crippen LogP contribution in [0.3, 0.4) is 0 Å². The maximum atomic E-state index is 13.0. The molecule has 1 saturated heterocycles. The van der Waals surface area contributed by atoms with Crippen LogP contribution in [0.5, 0.6) is 5.75 Å². The van der Waals surface area contributed by atoms with Crippen molar-refractivity contribution in [2.45, 2.75) is 11.3 Å². The van der Waals surface area contributed by atoms with Crippen molar-refractivity contribution >= 4 is 15.8 Å². The lowest BCUT2D eigenvalue weighted by Crippen LogP contribution is -2.49. The standard InChI is InChI=1S/C17H18FN3O3S/c18-14-4-5-16(19-12-14)20-7-9-21(10-8-20)25(22,23)15-3-1-2-13-6-11-24-17(13)15/h1-5,12H,6-11H2. The van der Waals surface area contributed by atoms with E-state index < -0.39 is 10.0 Å². The van der Waals surface area contributed by atoms with Crippen molar-refractivity contribution in [1.29, 1.82) is 0 Å². The van der Waals surface area contributed by atoms with E-state index in [-0.39, 0.29) is 10.7 Å². The Balaban J connectivity index is 1.52. The van der Waals surface area contributed by atoms with E-state index in [9.17, 15) is 12.8 Å². The Kier molecular flexibility index (Phi) is 4.09. The van der Waals surface area contributed by atoms with Crippen LogP contribution >= 0.6 is 0 Å². The van der Waals surface area contributed by atoms with Crippen molar-refractivity contribution in [2.24, 2.45) is 0 Å². The normalized spacial score (nSPS) is 18.0. The number of anilines is 1. The zero-order valence-electron chi connectivity index (χ0n) is 13.6. The van der Waals surface area contributed by atoms with Crippen LogP contribution in [0, 0.1) is 5.82 Å². The zero-order chi connectivity index (χ0) is 17.4. The summed E-state index contributed by atoms with van der Waals surface area (Å²) in [6, 6.07) is 8.24. The van der Waals surface area contributed by atoms with Gasteiger partial charge in [0.05, 0.1) is 12.8 Å². The highest BCUT2D eigenvalue weighted by Crippen LogP contribution is 2.34. The molecule has 0 saturated carbocycles. The monoisotopic (exact) mass is 363 g/mol. The summed E-state index contributed by atoms with van der Waals surface area (Å²) in [4.78, 5) is 6.26. The van der Waals surface area contributed by atoms with Crippen LogP contribution in [0.2, 0.25) is 0 Å². The van der Waals surface area contributed by atoms with E-state index in [1.807, 2.05) is 11.0 Å². The molecule has 6 nitrogen and oxygen atoms in total. The van der Waals surface area contributed by atoms with Gasteiger partial charge in [0.15, 0.2) is 0 Å². The van der Waals surface area contributed by atoms with Gasteiger partial charge in [0.2, 0.25) is 10.0 Å². The highest BCUT2D eigenvalue weighted by molar-refractivity contribution is 7.89. The smallest absolute Gasteiger partial charge is 0.246 e. The lowest BCUT2D eigenvalue weighted by Gasteiger charge is -2.34. The number of fused-ring (bicyclic) bond motifs is 1. The summed E-state index contributed by atoms with van der Waals surface area (Å²) in [6.45, 7) is 2.24. The number of hydrogen-bond donors (Lipinski definition) is 0. The summed E-state index contributed by atoms with van der Waals surface area (Å²) < 4.78 is 46.0. The highest BCUT2D eigenvalue weighted by atomic mass is 32.2. The van der Waals surface area contributed by atoms with Crippen LogP contribution < -0.4 is 9.64 Å². The first kappa shape index (κ1) is 16.3. The van der Waals surface area contributed by atoms with Crippen molar-refractivity contribution in [3.8, 4) is 5.75 Å². The number of para-hydroxylation sites is 1. The number of aromatic nitrogens is 1. The maximum absolute atomic E-state index is 13.0. The Morgan fingerprint density at radius 2 is 1.88 bits per heavy atom. The van der Waals surface area contributed by atoms with Gasteiger partial charge in [-0.3, -0.25) is 0 Å². The van der Waals surface area contributed by atoms with Crippen LogP contribution in [-0.4, -0.2) is 50.5 Å². The SMILES string of the molecule is O=S(=O)(c1cccc2c1OCC2)N1CCN(c2ccc(F)cn2)CC1. The van der Waals surface area contributed by atoms with E-state index in [4.69, 9.17) is 4.74 Å². The Morgan fingerprint density at radius 3 is 2.60 bits per heavy atom. The summed E-state index contributed by atoms with van der Waals surface area (Å²) in [5.74, 6) is 0.760. The van der Waals surface area contributed by atoms with Gasteiger partial charge in [0.1, 0.15) is 22.3 Å². The number of sulfonamides is 1. The van der Waals surface area contributed by atoms with Crippen molar-refractivity contribution in [3.05, 3.63) is 47.9 Å². The molecule has 2 aromatic rings. The van der Waals surface area contributed by atoms with Crippen LogP contribution in [-0.2, 0) is 16.4 Å². The molecule has 2 aliphatic rings. The zero-order valence-corrected chi connectivity index (χ0v) is 14.4. The van der Waals surface area contributed by atoms with Crippen LogP contribution in [0.1, 0.15) is 5.56 Å². The third kappa shape index (κ3) is 2.96.